The highest BCUT2D eigenvalue weighted by Gasteiger charge is 2.28. The summed E-state index contributed by atoms with van der Waals surface area (Å²) in [6.07, 6.45) is 2.27. The molecule has 1 N–H and O–H groups in total. The predicted octanol–water partition coefficient (Wildman–Crippen LogP) is 3.08. The highest BCUT2D eigenvalue weighted by molar-refractivity contribution is 6.30. The molecule has 2 aromatic carbocycles. The maximum atomic E-state index is 12.7. The van der Waals surface area contributed by atoms with Gasteiger partial charge in [0.2, 0.25) is 5.91 Å². The second-order valence-electron chi connectivity index (χ2n) is 7.54. The first kappa shape index (κ1) is 23.3. The third-order valence-corrected chi connectivity index (χ3v) is 5.39. The molecule has 8 nitrogen and oxygen atoms in total. The third-order valence-electron chi connectivity index (χ3n) is 5.14. The van der Waals surface area contributed by atoms with Crippen molar-refractivity contribution in [3.05, 3.63) is 83.1 Å². The molecule has 0 bridgehead atoms. The first-order valence-electron chi connectivity index (χ1n) is 10.6. The Balaban J connectivity index is 1.39. The molecule has 0 saturated heterocycles. The van der Waals surface area contributed by atoms with E-state index in [-0.39, 0.29) is 37.4 Å². The van der Waals surface area contributed by atoms with Crippen LogP contribution in [0.5, 0.6) is 11.5 Å². The van der Waals surface area contributed by atoms with Gasteiger partial charge in [-0.2, -0.15) is 0 Å². The van der Waals surface area contributed by atoms with E-state index in [0.717, 1.165) is 5.69 Å². The van der Waals surface area contributed by atoms with Crippen LogP contribution in [0.2, 0.25) is 5.02 Å². The normalized spacial score (nSPS) is 12.5. The maximum absolute atomic E-state index is 12.7. The van der Waals surface area contributed by atoms with Crippen LogP contribution in [0.1, 0.15) is 16.1 Å². The highest BCUT2D eigenvalue weighted by atomic mass is 35.5. The lowest BCUT2D eigenvalue weighted by Crippen LogP contribution is -2.45. The Morgan fingerprint density at radius 2 is 1.94 bits per heavy atom. The van der Waals surface area contributed by atoms with Gasteiger partial charge in [0, 0.05) is 35.4 Å². The van der Waals surface area contributed by atoms with Crippen LogP contribution in [-0.4, -0.2) is 48.9 Å². The minimum absolute atomic E-state index is 0.179. The Kier molecular flexibility index (Phi) is 7.39. The Labute approximate surface area is 201 Å². The molecule has 1 aliphatic heterocycles. The zero-order valence-electron chi connectivity index (χ0n) is 18.2. The quantitative estimate of drug-likeness (QED) is 0.474. The summed E-state index contributed by atoms with van der Waals surface area (Å²) >= 11 is 5.86. The molecule has 0 aliphatic carbocycles. The Morgan fingerprint density at radius 1 is 1.12 bits per heavy atom. The van der Waals surface area contributed by atoms with Crippen molar-refractivity contribution in [2.24, 2.45) is 0 Å². The number of anilines is 1. The summed E-state index contributed by atoms with van der Waals surface area (Å²) in [5.74, 6) is -0.0286. The maximum Gasteiger partial charge on any atom is 0.265 e. The molecule has 1 aliphatic rings. The number of nitrogens with one attached hydrogen (secondary N) is 1. The lowest BCUT2D eigenvalue weighted by atomic mass is 10.1. The number of pyridine rings is 1. The van der Waals surface area contributed by atoms with E-state index in [1.165, 1.54) is 4.90 Å². The van der Waals surface area contributed by atoms with Gasteiger partial charge in [-0.05, 0) is 54.6 Å². The van der Waals surface area contributed by atoms with Crippen molar-refractivity contribution in [2.75, 3.05) is 31.2 Å². The molecular formula is C25H22ClN3O5. The number of halogens is 1. The number of nitrogens with zero attached hydrogens (tertiary/aromatic N) is 2. The monoisotopic (exact) mass is 479 g/mol. The molecule has 0 atom stereocenters. The van der Waals surface area contributed by atoms with E-state index < -0.39 is 0 Å². The van der Waals surface area contributed by atoms with Gasteiger partial charge in [-0.3, -0.25) is 24.3 Å². The number of ether oxygens (including phenoxy) is 2. The average Bonchev–Trinajstić information content (AvgIpc) is 2.85. The fourth-order valence-electron chi connectivity index (χ4n) is 3.39. The van der Waals surface area contributed by atoms with Crippen molar-refractivity contribution in [1.82, 2.24) is 10.3 Å². The second-order valence-corrected chi connectivity index (χ2v) is 7.97. The van der Waals surface area contributed by atoms with Gasteiger partial charge in [0.25, 0.3) is 5.91 Å². The van der Waals surface area contributed by atoms with Gasteiger partial charge in [0.05, 0.1) is 5.69 Å². The molecule has 4 rings (SSSR count). The van der Waals surface area contributed by atoms with Crippen LogP contribution in [-0.2, 0) is 16.0 Å². The number of rotatable bonds is 9. The van der Waals surface area contributed by atoms with Crippen LogP contribution < -0.4 is 19.7 Å². The average molecular weight is 480 g/mol. The van der Waals surface area contributed by atoms with Crippen LogP contribution in [0, 0.1) is 0 Å². The first-order chi connectivity index (χ1) is 16.5. The van der Waals surface area contributed by atoms with E-state index in [0.29, 0.717) is 40.7 Å². The van der Waals surface area contributed by atoms with Gasteiger partial charge in [0.15, 0.2) is 19.0 Å². The van der Waals surface area contributed by atoms with Crippen molar-refractivity contribution in [2.45, 2.75) is 6.42 Å². The van der Waals surface area contributed by atoms with E-state index in [1.807, 2.05) is 18.2 Å². The zero-order chi connectivity index (χ0) is 23.9. The third kappa shape index (κ3) is 5.90. The number of Topliss-reactive ketones (excluding diaryl/α,β-unsaturated/α-hetero) is 1. The van der Waals surface area contributed by atoms with Crippen LogP contribution in [0.15, 0.2) is 66.9 Å². The van der Waals surface area contributed by atoms with Crippen LogP contribution in [0.4, 0.5) is 5.69 Å². The molecule has 2 amide bonds. The van der Waals surface area contributed by atoms with Crippen molar-refractivity contribution in [3.63, 3.8) is 0 Å². The molecular weight excluding hydrogens is 458 g/mol. The van der Waals surface area contributed by atoms with Gasteiger partial charge in [0.1, 0.15) is 18.0 Å². The number of hydrogen-bond donors (Lipinski definition) is 1. The number of aromatic nitrogens is 1. The number of carbonyl (C=O) groups is 3. The molecule has 0 radical (unpaired) electrons. The Morgan fingerprint density at radius 3 is 2.71 bits per heavy atom. The van der Waals surface area contributed by atoms with Crippen LogP contribution >= 0.6 is 11.6 Å². The first-order valence-corrected chi connectivity index (χ1v) is 11.0. The summed E-state index contributed by atoms with van der Waals surface area (Å²) in [5, 5.41) is 3.37. The number of amides is 2. The summed E-state index contributed by atoms with van der Waals surface area (Å²) < 4.78 is 11.0. The Hall–Kier alpha value is -3.91. The molecule has 0 spiro atoms. The molecule has 0 saturated carbocycles. The predicted molar refractivity (Wildman–Crippen MR) is 127 cm³/mol. The topological polar surface area (TPSA) is 97.8 Å². The van der Waals surface area contributed by atoms with Gasteiger partial charge in [-0.25, -0.2) is 0 Å². The fourth-order valence-corrected chi connectivity index (χ4v) is 3.51. The summed E-state index contributed by atoms with van der Waals surface area (Å²) in [4.78, 5) is 43.2. The van der Waals surface area contributed by atoms with Gasteiger partial charge in [-0.1, -0.05) is 17.7 Å². The van der Waals surface area contributed by atoms with Gasteiger partial charge < -0.3 is 14.8 Å². The lowest BCUT2D eigenvalue weighted by molar-refractivity contribution is -0.125. The van der Waals surface area contributed by atoms with E-state index >= 15 is 0 Å². The fraction of sp³-hybridized carbons (Fsp3) is 0.200. The van der Waals surface area contributed by atoms with Gasteiger partial charge in [-0.15, -0.1) is 0 Å². The zero-order valence-corrected chi connectivity index (χ0v) is 19.0. The Bertz CT molecular complexity index is 1180. The summed E-state index contributed by atoms with van der Waals surface area (Å²) in [5.41, 5.74) is 1.57. The number of fused-ring (bicyclic) bond motifs is 1. The minimum Gasteiger partial charge on any atom is -0.485 e. The number of ketones is 1. The lowest BCUT2D eigenvalue weighted by Gasteiger charge is -2.29. The van der Waals surface area contributed by atoms with Crippen LogP contribution in [0.3, 0.4) is 0 Å². The largest absolute Gasteiger partial charge is 0.485 e. The molecule has 3 aromatic rings. The number of hydrogen-bond acceptors (Lipinski definition) is 6. The smallest absolute Gasteiger partial charge is 0.265 e. The minimum atomic E-state index is -0.366. The van der Waals surface area contributed by atoms with E-state index in [4.69, 9.17) is 21.1 Å². The van der Waals surface area contributed by atoms with E-state index in [1.54, 1.807) is 48.7 Å². The molecule has 34 heavy (non-hydrogen) atoms. The second kappa shape index (κ2) is 10.8. The molecule has 9 heteroatoms. The van der Waals surface area contributed by atoms with Crippen molar-refractivity contribution >= 4 is 34.9 Å². The highest BCUT2D eigenvalue weighted by Crippen LogP contribution is 2.33. The van der Waals surface area contributed by atoms with Gasteiger partial charge >= 0.3 is 0 Å². The van der Waals surface area contributed by atoms with Crippen molar-refractivity contribution in [1.29, 1.82) is 0 Å². The summed E-state index contributed by atoms with van der Waals surface area (Å²) in [7, 11) is 0. The molecule has 174 valence electrons. The van der Waals surface area contributed by atoms with Crippen molar-refractivity contribution in [3.8, 4) is 11.5 Å². The standard InChI is InChI=1S/C25H22ClN3O5/c26-18-5-7-20(8-6-18)33-15-22(30)17-4-9-23-21(13-17)29(25(32)16-34-23)14-24(31)28-12-10-19-3-1-2-11-27-19/h1-9,11,13H,10,12,14-16H2,(H,28,31). The number of carbonyl (C=O) groups excluding carboxylic acids is 3. The molecule has 1 aromatic heterocycles. The summed E-state index contributed by atoms with van der Waals surface area (Å²) in [6, 6.07) is 17.0. The van der Waals surface area contributed by atoms with E-state index in [9.17, 15) is 14.4 Å². The SMILES string of the molecule is O=C(CN1C(=O)COc2ccc(C(=O)COc3ccc(Cl)cc3)cc21)NCCc1ccccn1. The van der Waals surface area contributed by atoms with Crippen LogP contribution in [0.25, 0.3) is 0 Å². The molecule has 2 heterocycles. The van der Waals surface area contributed by atoms with Crippen molar-refractivity contribution < 1.29 is 23.9 Å². The van der Waals surface area contributed by atoms with E-state index in [2.05, 4.69) is 10.3 Å². The number of benzene rings is 2. The summed E-state index contributed by atoms with van der Waals surface area (Å²) in [6.45, 7) is -0.164. The molecule has 0 fully saturated rings. The molecule has 0 unspecified atom stereocenters.